The number of nitrogens with two attached hydrogens (primary N) is 1. The van der Waals surface area contributed by atoms with Crippen molar-refractivity contribution in [2.75, 3.05) is 31.1 Å². The quantitative estimate of drug-likeness (QED) is 0.923. The van der Waals surface area contributed by atoms with Gasteiger partial charge in [0, 0.05) is 31.9 Å². The van der Waals surface area contributed by atoms with E-state index in [0.29, 0.717) is 0 Å². The Labute approximate surface area is 127 Å². The highest BCUT2D eigenvalue weighted by molar-refractivity contribution is 5.82. The maximum atomic E-state index is 12.2. The van der Waals surface area contributed by atoms with E-state index in [4.69, 9.17) is 5.73 Å². The monoisotopic (exact) mass is 289 g/mol. The second-order valence-corrected chi connectivity index (χ2v) is 5.93. The Morgan fingerprint density at radius 2 is 1.90 bits per heavy atom. The van der Waals surface area contributed by atoms with Crippen LogP contribution in [-0.4, -0.2) is 43.0 Å². The van der Waals surface area contributed by atoms with Crippen LogP contribution in [0.2, 0.25) is 0 Å². The number of aryl methyl sites for hydroxylation is 1. The molecule has 1 heterocycles. The number of benzene rings is 1. The van der Waals surface area contributed by atoms with Gasteiger partial charge in [0.15, 0.2) is 0 Å². The minimum atomic E-state index is -0.331. The molecule has 21 heavy (non-hydrogen) atoms. The molecule has 1 fully saturated rings. The number of amides is 1. The van der Waals surface area contributed by atoms with Crippen molar-refractivity contribution in [3.63, 3.8) is 0 Å². The van der Waals surface area contributed by atoms with E-state index in [1.165, 1.54) is 16.8 Å². The third kappa shape index (κ3) is 3.56. The van der Waals surface area contributed by atoms with Crippen molar-refractivity contribution < 1.29 is 4.79 Å². The van der Waals surface area contributed by atoms with Crippen LogP contribution in [-0.2, 0) is 4.79 Å². The summed E-state index contributed by atoms with van der Waals surface area (Å²) in [7, 11) is 0. The van der Waals surface area contributed by atoms with Crippen LogP contribution in [0, 0.1) is 13.8 Å². The lowest BCUT2D eigenvalue weighted by atomic mass is 10.1. The Kier molecular flexibility index (Phi) is 5.23. The van der Waals surface area contributed by atoms with Crippen molar-refractivity contribution in [2.24, 2.45) is 5.73 Å². The van der Waals surface area contributed by atoms with E-state index in [1.54, 1.807) is 0 Å². The zero-order valence-electron chi connectivity index (χ0n) is 13.4. The van der Waals surface area contributed by atoms with Crippen LogP contribution >= 0.6 is 0 Å². The summed E-state index contributed by atoms with van der Waals surface area (Å²) in [4.78, 5) is 16.5. The summed E-state index contributed by atoms with van der Waals surface area (Å²) in [5.41, 5.74) is 9.88. The molecule has 2 N–H and O–H groups in total. The summed E-state index contributed by atoms with van der Waals surface area (Å²) in [6.07, 6.45) is 1.73. The Hall–Kier alpha value is -1.55. The van der Waals surface area contributed by atoms with E-state index in [1.807, 2.05) is 4.90 Å². The number of carbonyl (C=O) groups excluding carboxylic acids is 1. The average Bonchev–Trinajstić information content (AvgIpc) is 2.50. The zero-order chi connectivity index (χ0) is 15.4. The first kappa shape index (κ1) is 15.8. The Morgan fingerprint density at radius 1 is 1.24 bits per heavy atom. The van der Waals surface area contributed by atoms with Crippen LogP contribution in [0.4, 0.5) is 5.69 Å². The van der Waals surface area contributed by atoms with Gasteiger partial charge in [0.2, 0.25) is 5.91 Å². The van der Waals surface area contributed by atoms with Crippen molar-refractivity contribution in [2.45, 2.75) is 39.7 Å². The normalized spacial score (nSPS) is 17.0. The average molecular weight is 289 g/mol. The topological polar surface area (TPSA) is 49.6 Å². The lowest BCUT2D eigenvalue weighted by Crippen LogP contribution is -2.53. The summed E-state index contributed by atoms with van der Waals surface area (Å²) < 4.78 is 0. The molecule has 1 atom stereocenters. The molecule has 0 spiro atoms. The molecular weight excluding hydrogens is 262 g/mol. The second-order valence-electron chi connectivity index (χ2n) is 5.93. The zero-order valence-corrected chi connectivity index (χ0v) is 13.4. The van der Waals surface area contributed by atoms with Gasteiger partial charge in [0.25, 0.3) is 0 Å². The van der Waals surface area contributed by atoms with Gasteiger partial charge < -0.3 is 15.5 Å². The van der Waals surface area contributed by atoms with Gasteiger partial charge in [-0.2, -0.15) is 0 Å². The van der Waals surface area contributed by atoms with Gasteiger partial charge in [-0.15, -0.1) is 0 Å². The summed E-state index contributed by atoms with van der Waals surface area (Å²) in [6, 6.07) is 6.08. The number of piperazine rings is 1. The van der Waals surface area contributed by atoms with Crippen molar-refractivity contribution in [3.05, 3.63) is 29.3 Å². The van der Waals surface area contributed by atoms with Gasteiger partial charge in [-0.1, -0.05) is 25.5 Å². The highest BCUT2D eigenvalue weighted by Gasteiger charge is 2.25. The van der Waals surface area contributed by atoms with Crippen LogP contribution in [0.3, 0.4) is 0 Å². The Bertz CT molecular complexity index is 493. The van der Waals surface area contributed by atoms with Crippen molar-refractivity contribution >= 4 is 11.6 Å². The summed E-state index contributed by atoms with van der Waals surface area (Å²) in [5, 5.41) is 0. The number of rotatable bonds is 4. The van der Waals surface area contributed by atoms with Crippen LogP contribution in [0.1, 0.15) is 30.9 Å². The van der Waals surface area contributed by atoms with E-state index in [0.717, 1.165) is 39.0 Å². The minimum absolute atomic E-state index is 0.109. The largest absolute Gasteiger partial charge is 0.368 e. The predicted octanol–water partition coefficient (Wildman–Crippen LogP) is 2.08. The van der Waals surface area contributed by atoms with Gasteiger partial charge in [-0.05, 0) is 37.5 Å². The molecule has 1 unspecified atom stereocenters. The first-order valence-corrected chi connectivity index (χ1v) is 7.90. The fraction of sp³-hybridized carbons (Fsp3) is 0.588. The molecular formula is C17H27N3O. The molecule has 1 aliphatic rings. The molecule has 1 aromatic rings. The molecule has 0 aliphatic carbocycles. The van der Waals surface area contributed by atoms with Gasteiger partial charge in [0.05, 0.1) is 6.04 Å². The van der Waals surface area contributed by atoms with Crippen molar-refractivity contribution in [1.29, 1.82) is 0 Å². The molecule has 0 saturated carbocycles. The van der Waals surface area contributed by atoms with Crippen molar-refractivity contribution in [1.82, 2.24) is 4.90 Å². The Balaban J connectivity index is 1.97. The third-order valence-electron chi connectivity index (χ3n) is 4.42. The lowest BCUT2D eigenvalue weighted by molar-refractivity contribution is -0.133. The predicted molar refractivity (Wildman–Crippen MR) is 87.6 cm³/mol. The molecule has 116 valence electrons. The molecule has 1 aromatic carbocycles. The summed E-state index contributed by atoms with van der Waals surface area (Å²) >= 11 is 0. The highest BCUT2D eigenvalue weighted by atomic mass is 16.2. The number of nitrogens with zero attached hydrogens (tertiary/aromatic N) is 2. The smallest absolute Gasteiger partial charge is 0.239 e. The maximum absolute atomic E-state index is 12.2. The number of hydrogen-bond acceptors (Lipinski definition) is 3. The van der Waals surface area contributed by atoms with Crippen molar-refractivity contribution in [3.8, 4) is 0 Å². The van der Waals surface area contributed by atoms with E-state index >= 15 is 0 Å². The van der Waals surface area contributed by atoms with E-state index in [9.17, 15) is 4.79 Å². The SMILES string of the molecule is CCCC(N)C(=O)N1CCN(c2cccc(C)c2C)CC1. The van der Waals surface area contributed by atoms with Gasteiger partial charge in [0.1, 0.15) is 0 Å². The molecule has 0 bridgehead atoms. The highest BCUT2D eigenvalue weighted by Crippen LogP contribution is 2.24. The molecule has 4 heteroatoms. The third-order valence-corrected chi connectivity index (χ3v) is 4.42. The molecule has 1 saturated heterocycles. The molecule has 1 aliphatic heterocycles. The Morgan fingerprint density at radius 3 is 2.52 bits per heavy atom. The minimum Gasteiger partial charge on any atom is -0.368 e. The molecule has 0 aromatic heterocycles. The van der Waals surface area contributed by atoms with Crippen LogP contribution < -0.4 is 10.6 Å². The number of carbonyl (C=O) groups is 1. The second kappa shape index (κ2) is 6.94. The molecule has 4 nitrogen and oxygen atoms in total. The van der Waals surface area contributed by atoms with Crippen LogP contribution in [0.5, 0.6) is 0 Å². The van der Waals surface area contributed by atoms with E-state index in [2.05, 4.69) is 43.9 Å². The standard InChI is InChI=1S/C17H27N3O/c1-4-6-15(18)17(21)20-11-9-19(10-12-20)16-8-5-7-13(2)14(16)3/h5,7-8,15H,4,6,9-12,18H2,1-3H3. The maximum Gasteiger partial charge on any atom is 0.239 e. The first-order chi connectivity index (χ1) is 10.0. The van der Waals surface area contributed by atoms with Gasteiger partial charge in [-0.3, -0.25) is 4.79 Å². The van der Waals surface area contributed by atoms with E-state index in [-0.39, 0.29) is 11.9 Å². The number of anilines is 1. The summed E-state index contributed by atoms with van der Waals surface area (Å²) in [5.74, 6) is 0.109. The van der Waals surface area contributed by atoms with E-state index < -0.39 is 0 Å². The first-order valence-electron chi connectivity index (χ1n) is 7.90. The fourth-order valence-electron chi connectivity index (χ4n) is 2.91. The van der Waals surface area contributed by atoms with Gasteiger partial charge in [-0.25, -0.2) is 0 Å². The molecule has 0 radical (unpaired) electrons. The fourth-order valence-corrected chi connectivity index (χ4v) is 2.91. The lowest BCUT2D eigenvalue weighted by Gasteiger charge is -2.38. The van der Waals surface area contributed by atoms with Crippen LogP contribution in [0.15, 0.2) is 18.2 Å². The van der Waals surface area contributed by atoms with Crippen LogP contribution in [0.25, 0.3) is 0 Å². The molecule has 2 rings (SSSR count). The van der Waals surface area contributed by atoms with Gasteiger partial charge >= 0.3 is 0 Å². The summed E-state index contributed by atoms with van der Waals surface area (Å²) in [6.45, 7) is 9.67. The molecule has 1 amide bonds. The number of hydrogen-bond donors (Lipinski definition) is 1.